The van der Waals surface area contributed by atoms with Crippen LogP contribution in [0.25, 0.3) is 0 Å². The van der Waals surface area contributed by atoms with Crippen molar-refractivity contribution in [2.75, 3.05) is 0 Å². The van der Waals surface area contributed by atoms with Gasteiger partial charge in [-0.3, -0.25) is 0 Å². The Hall–Kier alpha value is -1.71. The van der Waals surface area contributed by atoms with Gasteiger partial charge in [-0.2, -0.15) is 5.10 Å². The molecule has 0 N–H and O–H groups in total. The SMILES string of the molecule is CCCc1nc2n(n1)[C@@H](c1ccccc1)C[C@H]2F. The number of hydrogen-bond donors (Lipinski definition) is 0. The molecule has 94 valence electrons. The first-order valence-electron chi connectivity index (χ1n) is 6.44. The van der Waals surface area contributed by atoms with Crippen molar-refractivity contribution in [3.63, 3.8) is 0 Å². The maximum Gasteiger partial charge on any atom is 0.162 e. The smallest absolute Gasteiger partial charge is 0.162 e. The van der Waals surface area contributed by atoms with E-state index >= 15 is 0 Å². The van der Waals surface area contributed by atoms with Crippen LogP contribution in [0.1, 0.15) is 49.2 Å². The third-order valence-corrected chi connectivity index (χ3v) is 3.37. The summed E-state index contributed by atoms with van der Waals surface area (Å²) in [5.74, 6) is 1.25. The van der Waals surface area contributed by atoms with Crippen molar-refractivity contribution >= 4 is 0 Å². The van der Waals surface area contributed by atoms with Crippen LogP contribution in [0.15, 0.2) is 30.3 Å². The molecular weight excluding hydrogens is 229 g/mol. The van der Waals surface area contributed by atoms with Gasteiger partial charge in [0.2, 0.25) is 0 Å². The quantitative estimate of drug-likeness (QED) is 0.831. The fourth-order valence-corrected chi connectivity index (χ4v) is 2.51. The Balaban J connectivity index is 1.97. The Kier molecular flexibility index (Phi) is 2.86. The summed E-state index contributed by atoms with van der Waals surface area (Å²) in [7, 11) is 0. The zero-order chi connectivity index (χ0) is 12.5. The van der Waals surface area contributed by atoms with Gasteiger partial charge in [0.1, 0.15) is 0 Å². The Bertz CT molecular complexity index is 535. The number of fused-ring (bicyclic) bond motifs is 1. The third-order valence-electron chi connectivity index (χ3n) is 3.37. The van der Waals surface area contributed by atoms with Gasteiger partial charge in [0.05, 0.1) is 6.04 Å². The lowest BCUT2D eigenvalue weighted by molar-refractivity contribution is 0.328. The van der Waals surface area contributed by atoms with Crippen LogP contribution in [0.5, 0.6) is 0 Å². The molecule has 18 heavy (non-hydrogen) atoms. The molecule has 0 saturated carbocycles. The van der Waals surface area contributed by atoms with Gasteiger partial charge in [-0.15, -0.1) is 0 Å². The van der Waals surface area contributed by atoms with Crippen LogP contribution in [0.2, 0.25) is 0 Å². The Morgan fingerprint density at radius 2 is 2.11 bits per heavy atom. The highest BCUT2D eigenvalue weighted by molar-refractivity contribution is 5.23. The lowest BCUT2D eigenvalue weighted by Crippen LogP contribution is -2.07. The van der Waals surface area contributed by atoms with E-state index in [1.54, 1.807) is 4.68 Å². The van der Waals surface area contributed by atoms with E-state index in [0.29, 0.717) is 12.2 Å². The van der Waals surface area contributed by atoms with Crippen molar-refractivity contribution in [1.82, 2.24) is 14.8 Å². The molecule has 0 aliphatic carbocycles. The number of nitrogens with zero attached hydrogens (tertiary/aromatic N) is 3. The molecule has 1 aliphatic rings. The van der Waals surface area contributed by atoms with Gasteiger partial charge in [-0.05, 0) is 12.0 Å². The van der Waals surface area contributed by atoms with Gasteiger partial charge in [0.15, 0.2) is 17.8 Å². The van der Waals surface area contributed by atoms with Crippen LogP contribution >= 0.6 is 0 Å². The second kappa shape index (κ2) is 4.52. The standard InChI is InChI=1S/C14H16FN3/c1-2-6-13-16-14-11(15)9-12(18(14)17-13)10-7-4-3-5-8-10/h3-5,7-8,11-12H,2,6,9H2,1H3/t11-,12-/m1/s1. The molecule has 0 fully saturated rings. The molecule has 2 aromatic rings. The molecule has 2 heterocycles. The Morgan fingerprint density at radius 3 is 2.83 bits per heavy atom. The molecule has 3 rings (SSSR count). The molecule has 0 amide bonds. The second-order valence-corrected chi connectivity index (χ2v) is 4.71. The number of halogens is 1. The summed E-state index contributed by atoms with van der Waals surface area (Å²) in [5, 5.41) is 4.45. The zero-order valence-corrected chi connectivity index (χ0v) is 10.4. The number of hydrogen-bond acceptors (Lipinski definition) is 2. The Morgan fingerprint density at radius 1 is 1.33 bits per heavy atom. The molecule has 1 aromatic carbocycles. The molecular formula is C14H16FN3. The largest absolute Gasteiger partial charge is 0.239 e. The highest BCUT2D eigenvalue weighted by Crippen LogP contribution is 2.39. The summed E-state index contributed by atoms with van der Waals surface area (Å²) in [6.07, 6.45) is 1.25. The van der Waals surface area contributed by atoms with Crippen LogP contribution < -0.4 is 0 Å². The molecule has 0 saturated heterocycles. The fraction of sp³-hybridized carbons (Fsp3) is 0.429. The summed E-state index contributed by atoms with van der Waals surface area (Å²) in [5.41, 5.74) is 1.10. The number of benzene rings is 1. The van der Waals surface area contributed by atoms with Gasteiger partial charge >= 0.3 is 0 Å². The number of aryl methyl sites for hydroxylation is 1. The maximum atomic E-state index is 14.0. The van der Waals surface area contributed by atoms with Crippen molar-refractivity contribution in [3.05, 3.63) is 47.5 Å². The Labute approximate surface area is 106 Å². The minimum absolute atomic E-state index is 0.00527. The van der Waals surface area contributed by atoms with Crippen molar-refractivity contribution in [2.24, 2.45) is 0 Å². The second-order valence-electron chi connectivity index (χ2n) is 4.71. The summed E-state index contributed by atoms with van der Waals surface area (Å²) in [6, 6.07) is 9.96. The summed E-state index contributed by atoms with van der Waals surface area (Å²) in [4.78, 5) is 4.31. The van der Waals surface area contributed by atoms with E-state index in [1.807, 2.05) is 30.3 Å². The van der Waals surface area contributed by atoms with Gasteiger partial charge in [0.25, 0.3) is 0 Å². The van der Waals surface area contributed by atoms with Gasteiger partial charge < -0.3 is 0 Å². The van der Waals surface area contributed by atoms with Gasteiger partial charge in [0, 0.05) is 12.8 Å². The lowest BCUT2D eigenvalue weighted by Gasteiger charge is -2.11. The first-order valence-corrected chi connectivity index (χ1v) is 6.44. The molecule has 0 spiro atoms. The molecule has 1 aromatic heterocycles. The van der Waals surface area contributed by atoms with E-state index in [-0.39, 0.29) is 6.04 Å². The van der Waals surface area contributed by atoms with Crippen LogP contribution in [0, 0.1) is 0 Å². The normalized spacial score (nSPS) is 22.1. The van der Waals surface area contributed by atoms with E-state index in [9.17, 15) is 4.39 Å². The molecule has 0 bridgehead atoms. The van der Waals surface area contributed by atoms with E-state index < -0.39 is 6.17 Å². The van der Waals surface area contributed by atoms with E-state index in [0.717, 1.165) is 24.2 Å². The molecule has 2 atom stereocenters. The number of rotatable bonds is 3. The molecule has 3 nitrogen and oxygen atoms in total. The van der Waals surface area contributed by atoms with E-state index in [1.165, 1.54) is 0 Å². The molecule has 4 heteroatoms. The van der Waals surface area contributed by atoms with Gasteiger partial charge in [-0.25, -0.2) is 14.1 Å². The van der Waals surface area contributed by atoms with E-state index in [2.05, 4.69) is 17.0 Å². The third kappa shape index (κ3) is 1.82. The number of alkyl halides is 1. The highest BCUT2D eigenvalue weighted by Gasteiger charge is 2.34. The van der Waals surface area contributed by atoms with Crippen LogP contribution in [-0.4, -0.2) is 14.8 Å². The van der Waals surface area contributed by atoms with Gasteiger partial charge in [-0.1, -0.05) is 37.3 Å². The highest BCUT2D eigenvalue weighted by atomic mass is 19.1. The average molecular weight is 245 g/mol. The molecule has 1 aliphatic heterocycles. The fourth-order valence-electron chi connectivity index (χ4n) is 2.51. The first kappa shape index (κ1) is 11.4. The molecule has 0 radical (unpaired) electrons. The maximum absolute atomic E-state index is 14.0. The zero-order valence-electron chi connectivity index (χ0n) is 10.4. The minimum Gasteiger partial charge on any atom is -0.239 e. The predicted molar refractivity (Wildman–Crippen MR) is 67.1 cm³/mol. The van der Waals surface area contributed by atoms with Crippen molar-refractivity contribution in [1.29, 1.82) is 0 Å². The van der Waals surface area contributed by atoms with Crippen LogP contribution in [-0.2, 0) is 6.42 Å². The summed E-state index contributed by atoms with van der Waals surface area (Å²) in [6.45, 7) is 2.08. The van der Waals surface area contributed by atoms with Crippen LogP contribution in [0.4, 0.5) is 4.39 Å². The molecule has 0 unspecified atom stereocenters. The van der Waals surface area contributed by atoms with Crippen molar-refractivity contribution in [3.8, 4) is 0 Å². The summed E-state index contributed by atoms with van der Waals surface area (Å²) >= 11 is 0. The average Bonchev–Trinajstić information content (AvgIpc) is 2.92. The van der Waals surface area contributed by atoms with Crippen LogP contribution in [0.3, 0.4) is 0 Å². The topological polar surface area (TPSA) is 30.7 Å². The minimum atomic E-state index is -0.992. The van der Waals surface area contributed by atoms with E-state index in [4.69, 9.17) is 0 Å². The predicted octanol–water partition coefficient (Wildman–Crippen LogP) is 3.23. The first-order chi connectivity index (χ1) is 8.79. The summed E-state index contributed by atoms with van der Waals surface area (Å²) < 4.78 is 15.8. The number of aromatic nitrogens is 3. The van der Waals surface area contributed by atoms with Crippen molar-refractivity contribution < 1.29 is 4.39 Å². The monoisotopic (exact) mass is 245 g/mol. The lowest BCUT2D eigenvalue weighted by atomic mass is 10.0. The van der Waals surface area contributed by atoms with Crippen molar-refractivity contribution in [2.45, 2.75) is 38.4 Å².